The van der Waals surface area contributed by atoms with Gasteiger partial charge in [0.05, 0.1) is 11.4 Å². The maximum atomic E-state index is 13.7. The third-order valence-electron chi connectivity index (χ3n) is 5.94. The lowest BCUT2D eigenvalue weighted by Gasteiger charge is -2.34. The van der Waals surface area contributed by atoms with Gasteiger partial charge < -0.3 is 15.5 Å². The lowest BCUT2D eigenvalue weighted by atomic mass is 10.1. The van der Waals surface area contributed by atoms with E-state index in [0.717, 1.165) is 36.1 Å². The van der Waals surface area contributed by atoms with Crippen LogP contribution >= 0.6 is 0 Å². The highest BCUT2D eigenvalue weighted by atomic mass is 19.2. The van der Waals surface area contributed by atoms with Crippen LogP contribution in [0.4, 0.5) is 14.6 Å². The number of likely N-dealkylation sites (tertiary alicyclic amines) is 1. The molecule has 1 aromatic heterocycles. The Hall–Kier alpha value is -3.07. The fourth-order valence-electron chi connectivity index (χ4n) is 4.38. The van der Waals surface area contributed by atoms with Gasteiger partial charge in [-0.25, -0.2) is 18.7 Å². The largest absolute Gasteiger partial charge is 0.363 e. The number of anilines is 1. The summed E-state index contributed by atoms with van der Waals surface area (Å²) >= 11 is 0. The van der Waals surface area contributed by atoms with E-state index >= 15 is 0 Å². The van der Waals surface area contributed by atoms with Gasteiger partial charge in [-0.15, -0.1) is 0 Å². The van der Waals surface area contributed by atoms with Gasteiger partial charge >= 0.3 is 0 Å². The molecule has 2 N–H and O–H groups in total. The first kappa shape index (κ1) is 22.1. The van der Waals surface area contributed by atoms with E-state index in [1.807, 2.05) is 27.1 Å². The fourth-order valence-corrected chi connectivity index (χ4v) is 4.38. The first-order valence-corrected chi connectivity index (χ1v) is 10.7. The van der Waals surface area contributed by atoms with Crippen LogP contribution in [0, 0.1) is 18.6 Å². The van der Waals surface area contributed by atoms with Crippen LogP contribution in [0.3, 0.4) is 0 Å². The highest BCUT2D eigenvalue weighted by molar-refractivity contribution is 5.73. The molecule has 2 aliphatic rings. The van der Waals surface area contributed by atoms with E-state index in [4.69, 9.17) is 0 Å². The topological polar surface area (TPSA) is 73.4 Å². The molecule has 0 radical (unpaired) electrons. The number of fused-ring (bicyclic) bond motifs is 1. The summed E-state index contributed by atoms with van der Waals surface area (Å²) < 4.78 is 27.1. The quantitative estimate of drug-likeness (QED) is 0.726. The van der Waals surface area contributed by atoms with Crippen LogP contribution in [-0.2, 0) is 4.79 Å². The number of hydrogen-bond donors (Lipinski definition) is 2. The summed E-state index contributed by atoms with van der Waals surface area (Å²) in [4.78, 5) is 25.0. The Kier molecular flexibility index (Phi) is 6.10. The standard InChI is InChI=1S/C23H28F2N6O/c1-13(16-5-6-19(24)20(25)9-16)26-23-18-10-22(30(4)12-21(18)27-14(2)28-23)31-8-7-17(11-31)29-15(3)32/h5-6,9-10,12-13,17,22H,7-8,11H2,1-4H3,(H,29,32)(H,26,27,28)/t13-,17-,22?/m1/s1. The van der Waals surface area contributed by atoms with Gasteiger partial charge in [-0.2, -0.15) is 0 Å². The smallest absolute Gasteiger partial charge is 0.217 e. The number of nitrogens with one attached hydrogen (secondary N) is 2. The molecule has 9 heteroatoms. The zero-order valence-corrected chi connectivity index (χ0v) is 18.7. The van der Waals surface area contributed by atoms with E-state index in [2.05, 4.69) is 36.5 Å². The normalized spacial score (nSPS) is 21.4. The molecule has 32 heavy (non-hydrogen) atoms. The van der Waals surface area contributed by atoms with E-state index in [0.29, 0.717) is 17.2 Å². The van der Waals surface area contributed by atoms with Crippen LogP contribution in [0.2, 0.25) is 0 Å². The Bertz CT molecular complexity index is 1150. The lowest BCUT2D eigenvalue weighted by Crippen LogP contribution is -2.50. The van der Waals surface area contributed by atoms with Crippen molar-refractivity contribution in [3.63, 3.8) is 0 Å². The van der Waals surface area contributed by atoms with Crippen LogP contribution in [0.5, 0.6) is 0 Å². The molecule has 0 spiro atoms. The monoisotopic (exact) mass is 442 g/mol. The molecular weight excluding hydrogens is 414 g/mol. The Morgan fingerprint density at radius 2 is 2.03 bits per heavy atom. The summed E-state index contributed by atoms with van der Waals surface area (Å²) in [6, 6.07) is 3.75. The molecule has 7 nitrogen and oxygen atoms in total. The van der Waals surface area contributed by atoms with Gasteiger partial charge in [0.25, 0.3) is 0 Å². The molecule has 4 rings (SSSR count). The summed E-state index contributed by atoms with van der Waals surface area (Å²) in [6.07, 6.45) is 5.00. The van der Waals surface area contributed by atoms with Crippen molar-refractivity contribution in [3.05, 3.63) is 51.8 Å². The number of amides is 1. The van der Waals surface area contributed by atoms with Gasteiger partial charge in [0, 0.05) is 44.5 Å². The van der Waals surface area contributed by atoms with Gasteiger partial charge in [0.2, 0.25) is 5.91 Å². The summed E-state index contributed by atoms with van der Waals surface area (Å²) in [5, 5.41) is 8.02. The van der Waals surface area contributed by atoms with E-state index in [1.54, 1.807) is 6.07 Å². The second-order valence-electron chi connectivity index (χ2n) is 8.51. The number of carbonyl (C=O) groups excluding carboxylic acids is 1. The second kappa shape index (κ2) is 8.82. The van der Waals surface area contributed by atoms with Crippen LogP contribution < -0.4 is 21.2 Å². The highest BCUT2D eigenvalue weighted by Crippen LogP contribution is 2.20. The third-order valence-corrected chi connectivity index (χ3v) is 5.94. The number of nitrogens with zero attached hydrogens (tertiary/aromatic N) is 4. The Morgan fingerprint density at radius 3 is 2.75 bits per heavy atom. The molecule has 3 heterocycles. The van der Waals surface area contributed by atoms with Gasteiger partial charge in [0.15, 0.2) is 11.6 Å². The molecule has 0 aliphatic carbocycles. The average Bonchev–Trinajstić information content (AvgIpc) is 3.16. The van der Waals surface area contributed by atoms with Gasteiger partial charge in [-0.1, -0.05) is 6.07 Å². The predicted molar refractivity (Wildman–Crippen MR) is 119 cm³/mol. The average molecular weight is 443 g/mol. The molecule has 1 amide bonds. The lowest BCUT2D eigenvalue weighted by molar-refractivity contribution is -0.119. The Labute approximate surface area is 185 Å². The van der Waals surface area contributed by atoms with Crippen molar-refractivity contribution in [1.82, 2.24) is 25.1 Å². The minimum absolute atomic E-state index is 0.00770. The number of hydrogen-bond acceptors (Lipinski definition) is 6. The van der Waals surface area contributed by atoms with E-state index < -0.39 is 11.6 Å². The number of benzene rings is 1. The number of aryl methyl sites for hydroxylation is 1. The highest BCUT2D eigenvalue weighted by Gasteiger charge is 2.30. The minimum atomic E-state index is -0.874. The number of aromatic nitrogens is 2. The maximum Gasteiger partial charge on any atom is 0.217 e. The van der Waals surface area contributed by atoms with Crippen molar-refractivity contribution < 1.29 is 13.6 Å². The van der Waals surface area contributed by atoms with E-state index in [9.17, 15) is 13.6 Å². The van der Waals surface area contributed by atoms with E-state index in [-0.39, 0.29) is 24.2 Å². The minimum Gasteiger partial charge on any atom is -0.363 e. The molecule has 1 unspecified atom stereocenters. The second-order valence-corrected chi connectivity index (χ2v) is 8.51. The zero-order valence-electron chi connectivity index (χ0n) is 18.7. The summed E-state index contributed by atoms with van der Waals surface area (Å²) in [7, 11) is 2.00. The molecule has 1 fully saturated rings. The molecule has 1 aromatic carbocycles. The summed E-state index contributed by atoms with van der Waals surface area (Å²) in [5.74, 6) is -0.491. The van der Waals surface area contributed by atoms with Crippen molar-refractivity contribution in [2.24, 2.45) is 0 Å². The molecule has 3 atom stereocenters. The Morgan fingerprint density at radius 1 is 1.25 bits per heavy atom. The molecule has 0 saturated carbocycles. The van der Waals surface area contributed by atoms with Gasteiger partial charge in [0.1, 0.15) is 17.8 Å². The number of carbonyl (C=O) groups is 1. The molecular formula is C23H28F2N6O. The fraction of sp³-hybridized carbons (Fsp3) is 0.435. The molecule has 0 bridgehead atoms. The molecule has 2 aromatic rings. The van der Waals surface area contributed by atoms with Crippen LogP contribution in [0.1, 0.15) is 37.7 Å². The SMILES string of the molecule is CC(=O)N[C@@H]1CCN(C2C=c3c(N[C@H](C)c4ccc(F)c(F)c4)nc(C)nc3=CN2C)C1. The first-order valence-electron chi connectivity index (χ1n) is 10.7. The third kappa shape index (κ3) is 4.57. The van der Waals surface area contributed by atoms with E-state index in [1.165, 1.54) is 13.0 Å². The zero-order chi connectivity index (χ0) is 23.0. The van der Waals surface area contributed by atoms with Crippen molar-refractivity contribution in [2.75, 3.05) is 25.5 Å². The van der Waals surface area contributed by atoms with Crippen LogP contribution in [-0.4, -0.2) is 58.0 Å². The molecule has 1 saturated heterocycles. The maximum absolute atomic E-state index is 13.7. The summed E-state index contributed by atoms with van der Waals surface area (Å²) in [5.41, 5.74) is 0.625. The molecule has 2 aliphatic heterocycles. The van der Waals surface area contributed by atoms with Gasteiger partial charge in [-0.05, 0) is 44.0 Å². The van der Waals surface area contributed by atoms with Crippen molar-refractivity contribution >= 4 is 24.0 Å². The van der Waals surface area contributed by atoms with Crippen molar-refractivity contribution in [1.29, 1.82) is 0 Å². The Balaban J connectivity index is 1.64. The summed E-state index contributed by atoms with van der Waals surface area (Å²) in [6.45, 7) is 6.87. The predicted octanol–water partition coefficient (Wildman–Crippen LogP) is 1.24. The van der Waals surface area contributed by atoms with Crippen molar-refractivity contribution in [3.8, 4) is 0 Å². The number of rotatable bonds is 5. The molecule has 170 valence electrons. The van der Waals surface area contributed by atoms with Crippen LogP contribution in [0.15, 0.2) is 18.2 Å². The van der Waals surface area contributed by atoms with Crippen molar-refractivity contribution in [2.45, 2.75) is 45.4 Å². The van der Waals surface area contributed by atoms with Gasteiger partial charge in [-0.3, -0.25) is 9.69 Å². The first-order chi connectivity index (χ1) is 15.2. The van der Waals surface area contributed by atoms with Crippen LogP contribution in [0.25, 0.3) is 12.3 Å². The number of halogens is 2.